The second-order valence-corrected chi connectivity index (χ2v) is 6.00. The second kappa shape index (κ2) is 5.49. The summed E-state index contributed by atoms with van der Waals surface area (Å²) in [4.78, 5) is 0. The summed E-state index contributed by atoms with van der Waals surface area (Å²) in [5, 5.41) is 3.46. The van der Waals surface area contributed by atoms with Crippen molar-refractivity contribution < 1.29 is 2.78 Å². The van der Waals surface area contributed by atoms with Crippen LogP contribution < -0.4 is 5.31 Å². The van der Waals surface area contributed by atoms with E-state index in [1.165, 1.54) is 16.4 Å². The van der Waals surface area contributed by atoms with E-state index < -0.39 is 0 Å². The van der Waals surface area contributed by atoms with Gasteiger partial charge in [0.25, 0.3) is 0 Å². The van der Waals surface area contributed by atoms with E-state index >= 15 is 0 Å². The van der Waals surface area contributed by atoms with Gasteiger partial charge in [-0.05, 0) is 29.0 Å². The zero-order chi connectivity index (χ0) is 16.7. The monoisotopic (exact) mass is 289 g/mol. The van der Waals surface area contributed by atoms with Gasteiger partial charge in [-0.25, -0.2) is 0 Å². The van der Waals surface area contributed by atoms with E-state index in [0.717, 1.165) is 41.4 Å². The molecule has 1 N–H and O–H groups in total. The van der Waals surface area contributed by atoms with Crippen molar-refractivity contribution >= 4 is 22.1 Å². The highest BCUT2D eigenvalue weighted by Crippen LogP contribution is 2.46. The summed E-state index contributed by atoms with van der Waals surface area (Å²) in [5.74, 6) is 0.307. The van der Waals surface area contributed by atoms with Gasteiger partial charge in [0.05, 0.1) is 7.06 Å². The van der Waals surface area contributed by atoms with Gasteiger partial charge in [-0.2, -0.15) is 0 Å². The average molecular weight is 289 g/mol. The Kier molecular flexibility index (Phi) is 2.82. The molecular formula is C21H21N. The number of para-hydroxylation sites is 1. The van der Waals surface area contributed by atoms with E-state index in [0.29, 0.717) is 12.0 Å². The van der Waals surface area contributed by atoms with E-state index in [9.17, 15) is 0 Å². The second-order valence-electron chi connectivity index (χ2n) is 6.00. The van der Waals surface area contributed by atoms with Crippen LogP contribution in [0.5, 0.6) is 0 Å². The first-order valence-electron chi connectivity index (χ1n) is 9.07. The van der Waals surface area contributed by atoms with E-state index in [4.69, 9.17) is 2.78 Å². The zero-order valence-electron chi connectivity index (χ0n) is 14.8. The summed E-state index contributed by atoms with van der Waals surface area (Å²) in [7, 11) is 0. The molecular weight excluding hydrogens is 266 g/mol. The molecule has 0 saturated carbocycles. The van der Waals surface area contributed by atoms with E-state index in [1.807, 2.05) is 30.3 Å². The Bertz CT molecular complexity index is 903. The molecule has 0 spiro atoms. The molecule has 110 valence electrons. The smallest absolute Gasteiger partial charge is 0.167 e. The summed E-state index contributed by atoms with van der Waals surface area (Å²) in [6.07, 6.45) is 3.41. The molecule has 22 heavy (non-hydrogen) atoms. The molecule has 0 aromatic heterocycles. The minimum atomic E-state index is 0.307. The normalized spacial score (nSPS) is 17.7. The standard InChI is InChI=1S/C21H21N/c1-2-3-9-17-18-11-6-7-12-20(18)22-21-16-10-5-4-8-15(16)13-14-19(17)21/h4-8,10-14,17,22H,2-3,9H2,1H3/i10D/hD. The Morgan fingerprint density at radius 1 is 1.05 bits per heavy atom. The van der Waals surface area contributed by atoms with Crippen LogP contribution in [0.3, 0.4) is 0 Å². The number of hydrogen-bond donors (Lipinski definition) is 1. The summed E-state index contributed by atoms with van der Waals surface area (Å²) >= 11 is 0. The van der Waals surface area contributed by atoms with Gasteiger partial charge in [-0.15, -0.1) is 0 Å². The van der Waals surface area contributed by atoms with E-state index in [1.54, 1.807) is 0 Å². The molecule has 4 rings (SSSR count). The highest BCUT2D eigenvalue weighted by atomic mass is 14.9. The quantitative estimate of drug-likeness (QED) is 0.603. The van der Waals surface area contributed by atoms with Crippen LogP contribution in [0, 0.1) is 0 Å². The van der Waals surface area contributed by atoms with Crippen molar-refractivity contribution in [1.82, 2.24) is 0 Å². The Balaban J connectivity index is 2.01. The van der Waals surface area contributed by atoms with Crippen molar-refractivity contribution in [3.8, 4) is 0 Å². The molecule has 1 heteroatoms. The van der Waals surface area contributed by atoms with Crippen LogP contribution in [0.25, 0.3) is 10.8 Å². The Morgan fingerprint density at radius 3 is 2.82 bits per heavy atom. The molecule has 0 fully saturated rings. The maximum Gasteiger partial charge on any atom is 0.167 e. The van der Waals surface area contributed by atoms with Gasteiger partial charge in [-0.3, -0.25) is 0 Å². The van der Waals surface area contributed by atoms with Gasteiger partial charge in [0.15, 0.2) is 1.41 Å². The number of fused-ring (bicyclic) bond motifs is 4. The van der Waals surface area contributed by atoms with Gasteiger partial charge in [0.2, 0.25) is 0 Å². The summed E-state index contributed by atoms with van der Waals surface area (Å²) in [6.45, 7) is 2.22. The highest BCUT2D eigenvalue weighted by Gasteiger charge is 2.25. The fourth-order valence-electron chi connectivity index (χ4n) is 3.49. The van der Waals surface area contributed by atoms with E-state index in [-0.39, 0.29) is 0 Å². The van der Waals surface area contributed by atoms with Gasteiger partial charge in [0.1, 0.15) is 0 Å². The molecule has 0 bridgehead atoms. The van der Waals surface area contributed by atoms with Crippen molar-refractivity contribution in [3.05, 3.63) is 71.8 Å². The predicted molar refractivity (Wildman–Crippen MR) is 95.0 cm³/mol. The molecule has 0 aliphatic carbocycles. The van der Waals surface area contributed by atoms with Crippen molar-refractivity contribution in [2.75, 3.05) is 5.31 Å². The molecule has 0 amide bonds. The Labute approximate surface area is 134 Å². The van der Waals surface area contributed by atoms with Gasteiger partial charge in [-0.1, -0.05) is 74.3 Å². The first-order valence-corrected chi connectivity index (χ1v) is 8.12. The third-order valence-electron chi connectivity index (χ3n) is 4.61. The number of unbranched alkanes of at least 4 members (excludes halogenated alkanes) is 1. The number of anilines is 2. The molecule has 1 nitrogen and oxygen atoms in total. The van der Waals surface area contributed by atoms with Crippen molar-refractivity contribution in [1.29, 1.82) is 0 Å². The van der Waals surface area contributed by atoms with Gasteiger partial charge < -0.3 is 5.31 Å². The lowest BCUT2D eigenvalue weighted by atomic mass is 9.81. The molecule has 1 aliphatic rings. The molecule has 1 unspecified atom stereocenters. The van der Waals surface area contributed by atoms with Crippen LogP contribution in [0.4, 0.5) is 11.4 Å². The van der Waals surface area contributed by atoms with Crippen LogP contribution in [-0.4, -0.2) is 0 Å². The fourth-order valence-corrected chi connectivity index (χ4v) is 3.49. The molecule has 3 aromatic rings. The van der Waals surface area contributed by atoms with Crippen molar-refractivity contribution in [3.63, 3.8) is 0 Å². The lowest BCUT2D eigenvalue weighted by Gasteiger charge is -2.30. The molecule has 1 heterocycles. The number of rotatable bonds is 3. The summed E-state index contributed by atoms with van der Waals surface area (Å²) in [6, 6.07) is 18.8. The van der Waals surface area contributed by atoms with Crippen LogP contribution in [-0.2, 0) is 0 Å². The average Bonchev–Trinajstić information content (AvgIpc) is 2.61. The number of nitrogens with one attached hydrogen (secondary N) is 1. The Morgan fingerprint density at radius 2 is 1.91 bits per heavy atom. The van der Waals surface area contributed by atoms with E-state index in [2.05, 4.69) is 31.2 Å². The number of benzene rings is 3. The Hall–Kier alpha value is -2.28. The summed E-state index contributed by atoms with van der Waals surface area (Å²) in [5.41, 5.74) is 4.25. The molecule has 1 atom stereocenters. The molecule has 0 saturated heterocycles. The zero-order valence-corrected chi connectivity index (χ0v) is 12.8. The van der Waals surface area contributed by atoms with Gasteiger partial charge in [0, 0.05) is 17.0 Å². The van der Waals surface area contributed by atoms with Crippen LogP contribution in [0.2, 0.25) is 1.41 Å². The van der Waals surface area contributed by atoms with Crippen molar-refractivity contribution in [2.45, 2.75) is 32.1 Å². The molecule has 3 aromatic carbocycles. The SMILES string of the molecule is [2H]c1cccc2ccc3c(c12)N([2H])c1ccccc1C3CCCC. The first-order chi connectivity index (χ1) is 11.7. The lowest BCUT2D eigenvalue weighted by Crippen LogP contribution is -2.13. The minimum absolute atomic E-state index is 0.307. The predicted octanol–water partition coefficient (Wildman–Crippen LogP) is 6.22. The molecule has 0 radical (unpaired) electrons. The van der Waals surface area contributed by atoms with Crippen LogP contribution in [0.15, 0.2) is 60.6 Å². The minimum Gasteiger partial charge on any atom is -0.355 e. The topological polar surface area (TPSA) is 12.0 Å². The lowest BCUT2D eigenvalue weighted by molar-refractivity contribution is 0.649. The largest absolute Gasteiger partial charge is 0.355 e. The molecule has 1 aliphatic heterocycles. The number of hydrogen-bond acceptors (Lipinski definition) is 1. The first kappa shape index (κ1) is 11.3. The van der Waals surface area contributed by atoms with Crippen LogP contribution in [0.1, 0.15) is 44.6 Å². The third kappa shape index (κ3) is 2.09. The van der Waals surface area contributed by atoms with Gasteiger partial charge >= 0.3 is 0 Å². The maximum absolute atomic E-state index is 8.73. The van der Waals surface area contributed by atoms with Crippen molar-refractivity contribution in [2.24, 2.45) is 0 Å². The highest BCUT2D eigenvalue weighted by molar-refractivity contribution is 5.99. The fraction of sp³-hybridized carbons (Fsp3) is 0.238. The van der Waals surface area contributed by atoms with Crippen LogP contribution >= 0.6 is 0 Å². The third-order valence-corrected chi connectivity index (χ3v) is 4.61. The maximum atomic E-state index is 8.73. The summed E-state index contributed by atoms with van der Waals surface area (Å²) < 4.78 is 17.1.